The van der Waals surface area contributed by atoms with E-state index >= 15 is 0 Å². The van der Waals surface area contributed by atoms with Crippen LogP contribution in [0.1, 0.15) is 16.8 Å². The van der Waals surface area contributed by atoms with Gasteiger partial charge in [0.25, 0.3) is 5.91 Å². The molecule has 1 heterocycles. The van der Waals surface area contributed by atoms with E-state index in [2.05, 4.69) is 21.4 Å². The summed E-state index contributed by atoms with van der Waals surface area (Å²) in [5.74, 6) is -0.542. The topological polar surface area (TPSA) is 95.6 Å². The van der Waals surface area contributed by atoms with Gasteiger partial charge in [-0.25, -0.2) is 8.42 Å². The van der Waals surface area contributed by atoms with Crippen LogP contribution in [-0.4, -0.2) is 50.9 Å². The molecule has 0 fully saturated rings. The standard InChI is InChI=1S/C15H18BrN3O4S/c1-24(22,23)18-17-15(21)12-3-2-8-19(9-12)10-14(20)11-4-6-13(16)7-5-11/h3-7,18H,2,8-10H2,1H3,(H,17,21). The van der Waals surface area contributed by atoms with Crippen molar-refractivity contribution in [2.75, 3.05) is 25.9 Å². The molecule has 1 aromatic rings. The molecule has 0 unspecified atom stereocenters. The number of hydrogen-bond donors (Lipinski definition) is 2. The summed E-state index contributed by atoms with van der Waals surface area (Å²) in [4.78, 5) is 28.1. The second-order valence-electron chi connectivity index (χ2n) is 5.49. The van der Waals surface area contributed by atoms with Crippen molar-refractivity contribution in [1.29, 1.82) is 0 Å². The number of hydrogen-bond acceptors (Lipinski definition) is 5. The van der Waals surface area contributed by atoms with Crippen molar-refractivity contribution in [2.24, 2.45) is 0 Å². The highest BCUT2D eigenvalue weighted by Crippen LogP contribution is 2.14. The second-order valence-corrected chi connectivity index (χ2v) is 8.15. The van der Waals surface area contributed by atoms with Gasteiger partial charge in [0, 0.05) is 28.7 Å². The zero-order valence-corrected chi connectivity index (χ0v) is 15.5. The normalized spacial score (nSPS) is 15.7. The molecule has 0 aliphatic carbocycles. The average molecular weight is 416 g/mol. The van der Waals surface area contributed by atoms with Crippen LogP contribution >= 0.6 is 15.9 Å². The molecule has 130 valence electrons. The van der Waals surface area contributed by atoms with E-state index in [0.717, 1.165) is 10.7 Å². The lowest BCUT2D eigenvalue weighted by Crippen LogP contribution is -2.45. The van der Waals surface area contributed by atoms with Gasteiger partial charge in [-0.2, -0.15) is 0 Å². The maximum atomic E-state index is 12.3. The summed E-state index contributed by atoms with van der Waals surface area (Å²) in [6, 6.07) is 7.10. The van der Waals surface area contributed by atoms with Gasteiger partial charge in [0.2, 0.25) is 10.0 Å². The third-order valence-electron chi connectivity index (χ3n) is 3.41. The fourth-order valence-electron chi connectivity index (χ4n) is 2.25. The van der Waals surface area contributed by atoms with E-state index in [1.807, 2.05) is 9.73 Å². The summed E-state index contributed by atoms with van der Waals surface area (Å²) in [6.07, 6.45) is 3.32. The molecule has 24 heavy (non-hydrogen) atoms. The van der Waals surface area contributed by atoms with Crippen LogP contribution in [0.15, 0.2) is 40.4 Å². The lowest BCUT2D eigenvalue weighted by atomic mass is 10.1. The number of carbonyl (C=O) groups excluding carboxylic acids is 2. The number of nitrogens with one attached hydrogen (secondary N) is 2. The first-order valence-corrected chi connectivity index (χ1v) is 9.90. The number of ketones is 1. The van der Waals surface area contributed by atoms with Crippen molar-refractivity contribution in [2.45, 2.75) is 6.42 Å². The van der Waals surface area contributed by atoms with Gasteiger partial charge in [-0.15, -0.1) is 4.83 Å². The Morgan fingerprint density at radius 2 is 1.92 bits per heavy atom. The van der Waals surface area contributed by atoms with Gasteiger partial charge in [-0.1, -0.05) is 34.1 Å². The summed E-state index contributed by atoms with van der Waals surface area (Å²) in [5.41, 5.74) is 3.18. The predicted octanol–water partition coefficient (Wildman–Crippen LogP) is 0.844. The molecule has 0 radical (unpaired) electrons. The Labute approximate surface area is 149 Å². The zero-order chi connectivity index (χ0) is 17.7. The fraction of sp³-hybridized carbons (Fsp3) is 0.333. The summed E-state index contributed by atoms with van der Waals surface area (Å²) in [5, 5.41) is 0. The minimum atomic E-state index is -3.51. The quantitative estimate of drug-likeness (QED) is 0.530. The molecule has 2 N–H and O–H groups in total. The molecular weight excluding hydrogens is 398 g/mol. The molecule has 0 atom stereocenters. The van der Waals surface area contributed by atoms with Gasteiger partial charge in [0.1, 0.15) is 0 Å². The molecule has 0 spiro atoms. The molecule has 0 bridgehead atoms. The molecule has 7 nitrogen and oxygen atoms in total. The molecule has 0 saturated heterocycles. The van der Waals surface area contributed by atoms with E-state index in [0.29, 0.717) is 30.6 Å². The fourth-order valence-corrected chi connectivity index (χ4v) is 2.80. The highest BCUT2D eigenvalue weighted by molar-refractivity contribution is 9.10. The molecule has 1 aliphatic rings. The van der Waals surface area contributed by atoms with Gasteiger partial charge in [0.15, 0.2) is 5.78 Å². The minimum absolute atomic E-state index is 0.0292. The van der Waals surface area contributed by atoms with Gasteiger partial charge < -0.3 is 0 Å². The number of carbonyl (C=O) groups is 2. The zero-order valence-electron chi connectivity index (χ0n) is 13.1. The first kappa shape index (κ1) is 18.8. The Balaban J connectivity index is 1.92. The van der Waals surface area contributed by atoms with Crippen LogP contribution in [0.3, 0.4) is 0 Å². The van der Waals surface area contributed by atoms with Crippen molar-refractivity contribution in [3.8, 4) is 0 Å². The first-order chi connectivity index (χ1) is 11.2. The molecule has 0 aromatic heterocycles. The van der Waals surface area contributed by atoms with Crippen LogP contribution in [0.2, 0.25) is 0 Å². The van der Waals surface area contributed by atoms with Gasteiger partial charge >= 0.3 is 0 Å². The lowest BCUT2D eigenvalue weighted by Gasteiger charge is -2.26. The van der Waals surface area contributed by atoms with Crippen LogP contribution in [0, 0.1) is 0 Å². The Morgan fingerprint density at radius 1 is 1.25 bits per heavy atom. The van der Waals surface area contributed by atoms with E-state index in [1.54, 1.807) is 30.3 Å². The third kappa shape index (κ3) is 5.82. The number of Topliss-reactive ketones (excluding diaryl/α,β-unsaturated/α-hetero) is 1. The Bertz CT molecular complexity index is 759. The van der Waals surface area contributed by atoms with Crippen molar-refractivity contribution in [3.63, 3.8) is 0 Å². The highest BCUT2D eigenvalue weighted by atomic mass is 79.9. The van der Waals surface area contributed by atoms with Gasteiger partial charge in [-0.3, -0.25) is 19.9 Å². The summed E-state index contributed by atoms with van der Waals surface area (Å²) in [6.45, 7) is 1.16. The summed E-state index contributed by atoms with van der Waals surface area (Å²) < 4.78 is 22.9. The van der Waals surface area contributed by atoms with Crippen molar-refractivity contribution in [3.05, 3.63) is 46.0 Å². The summed E-state index contributed by atoms with van der Waals surface area (Å²) in [7, 11) is -3.51. The molecule has 1 amide bonds. The lowest BCUT2D eigenvalue weighted by molar-refractivity contribution is -0.118. The summed E-state index contributed by atoms with van der Waals surface area (Å²) >= 11 is 3.32. The number of halogens is 1. The van der Waals surface area contributed by atoms with E-state index < -0.39 is 15.9 Å². The van der Waals surface area contributed by atoms with E-state index in [9.17, 15) is 18.0 Å². The van der Waals surface area contributed by atoms with Crippen molar-refractivity contribution in [1.82, 2.24) is 15.2 Å². The van der Waals surface area contributed by atoms with Crippen LogP contribution in [0.5, 0.6) is 0 Å². The maximum absolute atomic E-state index is 12.3. The van der Waals surface area contributed by atoms with E-state index in [1.165, 1.54) is 0 Å². The number of hydrazine groups is 1. The van der Waals surface area contributed by atoms with E-state index in [-0.39, 0.29) is 12.3 Å². The van der Waals surface area contributed by atoms with Crippen LogP contribution in [0.25, 0.3) is 0 Å². The Kier molecular flexibility index (Phi) is 6.27. The molecule has 1 aromatic carbocycles. The van der Waals surface area contributed by atoms with Gasteiger partial charge in [0.05, 0.1) is 12.8 Å². The van der Waals surface area contributed by atoms with Gasteiger partial charge in [-0.05, 0) is 18.6 Å². The van der Waals surface area contributed by atoms with Crippen molar-refractivity contribution >= 4 is 37.6 Å². The monoisotopic (exact) mass is 415 g/mol. The second kappa shape index (κ2) is 8.02. The highest BCUT2D eigenvalue weighted by Gasteiger charge is 2.21. The SMILES string of the molecule is CS(=O)(=O)NNC(=O)C1=CCCN(CC(=O)c2ccc(Br)cc2)C1. The Morgan fingerprint density at radius 3 is 2.54 bits per heavy atom. The van der Waals surface area contributed by atoms with Crippen LogP contribution in [-0.2, 0) is 14.8 Å². The predicted molar refractivity (Wildman–Crippen MR) is 93.7 cm³/mol. The first-order valence-electron chi connectivity index (χ1n) is 7.22. The molecule has 9 heteroatoms. The number of benzene rings is 1. The molecular formula is C15H18BrN3O4S. The number of nitrogens with zero attached hydrogens (tertiary/aromatic N) is 1. The largest absolute Gasteiger partial charge is 0.293 e. The number of rotatable bonds is 6. The number of sulfonamides is 1. The maximum Gasteiger partial charge on any atom is 0.263 e. The van der Waals surface area contributed by atoms with Crippen LogP contribution < -0.4 is 10.3 Å². The van der Waals surface area contributed by atoms with Crippen molar-refractivity contribution < 1.29 is 18.0 Å². The molecule has 1 aliphatic heterocycles. The Hall–Kier alpha value is -1.55. The molecule has 2 rings (SSSR count). The molecule has 0 saturated carbocycles. The number of amides is 1. The van der Waals surface area contributed by atoms with E-state index in [4.69, 9.17) is 0 Å². The van der Waals surface area contributed by atoms with Crippen LogP contribution in [0.4, 0.5) is 0 Å². The third-order valence-corrected chi connectivity index (χ3v) is 4.41. The minimum Gasteiger partial charge on any atom is -0.293 e. The smallest absolute Gasteiger partial charge is 0.263 e. The average Bonchev–Trinajstić information content (AvgIpc) is 2.52.